The van der Waals surface area contributed by atoms with E-state index in [-0.39, 0.29) is 16.4 Å². The van der Waals surface area contributed by atoms with Gasteiger partial charge >= 0.3 is 0 Å². The van der Waals surface area contributed by atoms with Gasteiger partial charge in [0.2, 0.25) is 0 Å². The number of methoxy groups -OCH3 is 1. The van der Waals surface area contributed by atoms with Crippen molar-refractivity contribution in [2.75, 3.05) is 7.11 Å². The van der Waals surface area contributed by atoms with E-state index in [1.807, 2.05) is 0 Å². The van der Waals surface area contributed by atoms with Crippen LogP contribution in [0.3, 0.4) is 0 Å². The summed E-state index contributed by atoms with van der Waals surface area (Å²) in [5.74, 6) is -0.349. The summed E-state index contributed by atoms with van der Waals surface area (Å²) < 4.78 is 18.8. The van der Waals surface area contributed by atoms with Crippen molar-refractivity contribution in [1.29, 1.82) is 0 Å². The summed E-state index contributed by atoms with van der Waals surface area (Å²) in [5.41, 5.74) is 7.25. The second-order valence-electron chi connectivity index (χ2n) is 4.52. The van der Waals surface area contributed by atoms with Gasteiger partial charge in [-0.3, -0.25) is 0 Å². The first-order valence-corrected chi connectivity index (χ1v) is 5.66. The lowest BCUT2D eigenvalue weighted by Crippen LogP contribution is -2.25. The molecule has 0 radical (unpaired) electrons. The maximum Gasteiger partial charge on any atom is 0.145 e. The van der Waals surface area contributed by atoms with Crippen LogP contribution in [0.2, 0.25) is 5.02 Å². The molecule has 0 heterocycles. The van der Waals surface area contributed by atoms with Gasteiger partial charge < -0.3 is 10.5 Å². The van der Waals surface area contributed by atoms with Crippen LogP contribution in [0.25, 0.3) is 0 Å². The molecule has 16 heavy (non-hydrogen) atoms. The van der Waals surface area contributed by atoms with Gasteiger partial charge in [-0.2, -0.15) is 0 Å². The van der Waals surface area contributed by atoms with Gasteiger partial charge in [-0.25, -0.2) is 4.39 Å². The zero-order chi connectivity index (χ0) is 11.8. The van der Waals surface area contributed by atoms with Gasteiger partial charge in [0.15, 0.2) is 0 Å². The van der Waals surface area contributed by atoms with E-state index in [1.165, 1.54) is 0 Å². The lowest BCUT2D eigenvalue weighted by atomic mass is 10.0. The molecule has 1 aliphatic carbocycles. The molecule has 0 saturated heterocycles. The average Bonchev–Trinajstić information content (AvgIpc) is 2.92. The van der Waals surface area contributed by atoms with E-state index >= 15 is 0 Å². The first kappa shape index (κ1) is 11.8. The van der Waals surface area contributed by atoms with Crippen molar-refractivity contribution in [1.82, 2.24) is 0 Å². The molecule has 88 valence electrons. The molecule has 0 amide bonds. The molecule has 0 aliphatic heterocycles. The van der Waals surface area contributed by atoms with Crippen molar-refractivity contribution in [2.45, 2.75) is 31.4 Å². The minimum atomic E-state index is -0.349. The monoisotopic (exact) mass is 243 g/mol. The summed E-state index contributed by atoms with van der Waals surface area (Å²) in [6, 6.07) is 3.39. The molecule has 4 heteroatoms. The fraction of sp³-hybridized carbons (Fsp3) is 0.500. The van der Waals surface area contributed by atoms with Gasteiger partial charge in [0.1, 0.15) is 5.82 Å². The van der Waals surface area contributed by atoms with Gasteiger partial charge in [-0.1, -0.05) is 17.7 Å². The van der Waals surface area contributed by atoms with Crippen molar-refractivity contribution < 1.29 is 9.13 Å². The molecule has 1 aliphatic rings. The molecule has 0 unspecified atom stereocenters. The lowest BCUT2D eigenvalue weighted by molar-refractivity contribution is 0.184. The average molecular weight is 244 g/mol. The van der Waals surface area contributed by atoms with Crippen LogP contribution in [0.1, 0.15) is 24.0 Å². The SMILES string of the molecule is COCc1cc(Cl)c(F)c(CC2(N)CC2)c1. The highest BCUT2D eigenvalue weighted by atomic mass is 35.5. The number of benzene rings is 1. The standard InChI is InChI=1S/C12H15ClFNO/c1-16-7-8-4-9(6-12(15)2-3-12)11(14)10(13)5-8/h4-5H,2-3,6-7,15H2,1H3. The third-order valence-electron chi connectivity index (χ3n) is 2.91. The first-order chi connectivity index (χ1) is 7.54. The van der Waals surface area contributed by atoms with Crippen molar-refractivity contribution in [3.05, 3.63) is 34.1 Å². The summed E-state index contributed by atoms with van der Waals surface area (Å²) in [6.45, 7) is 0.435. The van der Waals surface area contributed by atoms with E-state index in [0.717, 1.165) is 18.4 Å². The Morgan fingerprint density at radius 2 is 2.19 bits per heavy atom. The van der Waals surface area contributed by atoms with Crippen LogP contribution in [0.15, 0.2) is 12.1 Å². The molecule has 0 spiro atoms. The number of hydrogen-bond acceptors (Lipinski definition) is 2. The molecule has 2 N–H and O–H groups in total. The van der Waals surface area contributed by atoms with Crippen LogP contribution >= 0.6 is 11.6 Å². The van der Waals surface area contributed by atoms with Gasteiger partial charge in [0, 0.05) is 12.6 Å². The highest BCUT2D eigenvalue weighted by Gasteiger charge is 2.38. The fourth-order valence-electron chi connectivity index (χ4n) is 1.80. The Hall–Kier alpha value is -0.640. The summed E-state index contributed by atoms with van der Waals surface area (Å²) >= 11 is 5.83. The van der Waals surface area contributed by atoms with Crippen LogP contribution in [0, 0.1) is 5.82 Å². The Balaban J connectivity index is 2.27. The number of nitrogens with two attached hydrogens (primary N) is 1. The Morgan fingerprint density at radius 1 is 1.50 bits per heavy atom. The fourth-order valence-corrected chi connectivity index (χ4v) is 2.07. The Labute approximate surface area is 99.5 Å². The van der Waals surface area contributed by atoms with Crippen molar-refractivity contribution in [3.8, 4) is 0 Å². The summed E-state index contributed by atoms with van der Waals surface area (Å²) in [4.78, 5) is 0. The number of halogens is 2. The number of rotatable bonds is 4. The molecule has 1 fully saturated rings. The zero-order valence-electron chi connectivity index (χ0n) is 9.22. The molecule has 1 saturated carbocycles. The van der Waals surface area contributed by atoms with Crippen molar-refractivity contribution in [2.24, 2.45) is 5.73 Å². The normalized spacial score (nSPS) is 17.5. The summed E-state index contributed by atoms with van der Waals surface area (Å²) in [7, 11) is 1.60. The largest absolute Gasteiger partial charge is 0.380 e. The zero-order valence-corrected chi connectivity index (χ0v) is 9.98. The van der Waals surface area contributed by atoms with E-state index in [0.29, 0.717) is 18.6 Å². The second-order valence-corrected chi connectivity index (χ2v) is 4.93. The number of ether oxygens (including phenoxy) is 1. The molecule has 0 aromatic heterocycles. The third-order valence-corrected chi connectivity index (χ3v) is 3.18. The first-order valence-electron chi connectivity index (χ1n) is 5.29. The molecule has 0 atom stereocenters. The lowest BCUT2D eigenvalue weighted by Gasteiger charge is -2.12. The Morgan fingerprint density at radius 3 is 2.75 bits per heavy atom. The van der Waals surface area contributed by atoms with E-state index < -0.39 is 0 Å². The minimum Gasteiger partial charge on any atom is -0.380 e. The molecule has 0 bridgehead atoms. The molecule has 1 aromatic carbocycles. The van der Waals surface area contributed by atoms with Gasteiger partial charge in [-0.05, 0) is 36.5 Å². The van der Waals surface area contributed by atoms with E-state index in [9.17, 15) is 4.39 Å². The topological polar surface area (TPSA) is 35.2 Å². The summed E-state index contributed by atoms with van der Waals surface area (Å²) in [6.07, 6.45) is 2.47. The van der Waals surface area contributed by atoms with E-state index in [4.69, 9.17) is 22.1 Å². The Bertz CT molecular complexity index is 404. The van der Waals surface area contributed by atoms with Crippen LogP contribution < -0.4 is 5.73 Å². The van der Waals surface area contributed by atoms with Crippen LogP contribution in [0.4, 0.5) is 4.39 Å². The molecule has 2 nitrogen and oxygen atoms in total. The smallest absolute Gasteiger partial charge is 0.145 e. The van der Waals surface area contributed by atoms with Gasteiger partial charge in [-0.15, -0.1) is 0 Å². The van der Waals surface area contributed by atoms with Crippen LogP contribution in [-0.4, -0.2) is 12.6 Å². The maximum atomic E-state index is 13.8. The van der Waals surface area contributed by atoms with Crippen molar-refractivity contribution >= 4 is 11.6 Å². The molecule has 2 rings (SSSR count). The van der Waals surface area contributed by atoms with E-state index in [1.54, 1.807) is 19.2 Å². The summed E-state index contributed by atoms with van der Waals surface area (Å²) in [5, 5.41) is 0.147. The second kappa shape index (κ2) is 4.32. The molecular formula is C12H15ClFNO. The van der Waals surface area contributed by atoms with Gasteiger partial charge in [0.05, 0.1) is 11.6 Å². The number of hydrogen-bond donors (Lipinski definition) is 1. The maximum absolute atomic E-state index is 13.8. The Kier molecular flexibility index (Phi) is 3.19. The minimum absolute atomic E-state index is 0.147. The third kappa shape index (κ3) is 2.54. The predicted molar refractivity (Wildman–Crippen MR) is 62.0 cm³/mol. The van der Waals surface area contributed by atoms with Crippen LogP contribution in [-0.2, 0) is 17.8 Å². The van der Waals surface area contributed by atoms with E-state index in [2.05, 4.69) is 0 Å². The van der Waals surface area contributed by atoms with Crippen LogP contribution in [0.5, 0.6) is 0 Å². The van der Waals surface area contributed by atoms with Gasteiger partial charge in [0.25, 0.3) is 0 Å². The predicted octanol–water partition coefficient (Wildman–Crippen LogP) is 2.66. The quantitative estimate of drug-likeness (QED) is 0.883. The van der Waals surface area contributed by atoms with Crippen molar-refractivity contribution in [3.63, 3.8) is 0 Å². The molecular weight excluding hydrogens is 229 g/mol. The highest BCUT2D eigenvalue weighted by Crippen LogP contribution is 2.37. The molecule has 1 aromatic rings. The highest BCUT2D eigenvalue weighted by molar-refractivity contribution is 6.30.